The Morgan fingerprint density at radius 2 is 1.84 bits per heavy atom. The lowest BCUT2D eigenvalue weighted by Gasteiger charge is -2.26. The van der Waals surface area contributed by atoms with Crippen LogP contribution in [0, 0.1) is 0 Å². The predicted octanol–water partition coefficient (Wildman–Crippen LogP) is 3.05. The van der Waals surface area contributed by atoms with E-state index in [1.165, 1.54) is 32.4 Å². The quantitative estimate of drug-likeness (QED) is 0.647. The Labute approximate surface area is 147 Å². The van der Waals surface area contributed by atoms with Gasteiger partial charge < -0.3 is 9.64 Å². The number of benzene rings is 1. The summed E-state index contributed by atoms with van der Waals surface area (Å²) in [5.41, 5.74) is 2.87. The maximum Gasteiger partial charge on any atom is 0.178 e. The highest BCUT2D eigenvalue weighted by molar-refractivity contribution is 5.66. The van der Waals surface area contributed by atoms with Gasteiger partial charge in [-0.15, -0.1) is 10.2 Å². The van der Waals surface area contributed by atoms with Crippen LogP contribution in [0.15, 0.2) is 42.9 Å². The number of piperidine rings is 1. The van der Waals surface area contributed by atoms with Gasteiger partial charge in [0.25, 0.3) is 0 Å². The van der Waals surface area contributed by atoms with Gasteiger partial charge in [-0.2, -0.15) is 5.10 Å². The van der Waals surface area contributed by atoms with Crippen molar-refractivity contribution in [3.8, 4) is 16.9 Å². The van der Waals surface area contributed by atoms with Crippen molar-refractivity contribution in [1.29, 1.82) is 0 Å². The van der Waals surface area contributed by atoms with Crippen molar-refractivity contribution in [2.45, 2.75) is 25.7 Å². The van der Waals surface area contributed by atoms with E-state index >= 15 is 0 Å². The molecule has 4 rings (SSSR count). The molecule has 3 aromatic rings. The molecule has 1 aliphatic rings. The van der Waals surface area contributed by atoms with Crippen LogP contribution in [0.4, 0.5) is 0 Å². The summed E-state index contributed by atoms with van der Waals surface area (Å²) in [7, 11) is 0. The monoisotopic (exact) mass is 337 g/mol. The second-order valence-corrected chi connectivity index (χ2v) is 6.51. The minimum atomic E-state index is 0.746. The summed E-state index contributed by atoms with van der Waals surface area (Å²) >= 11 is 0. The van der Waals surface area contributed by atoms with Crippen molar-refractivity contribution in [2.24, 2.45) is 0 Å². The largest absolute Gasteiger partial charge is 0.494 e. The van der Waals surface area contributed by atoms with Crippen molar-refractivity contribution in [3.63, 3.8) is 0 Å². The van der Waals surface area contributed by atoms with Gasteiger partial charge in [-0.25, -0.2) is 4.52 Å². The molecule has 2 aromatic heterocycles. The highest BCUT2D eigenvalue weighted by atomic mass is 16.5. The molecule has 6 heteroatoms. The molecule has 1 aliphatic heterocycles. The van der Waals surface area contributed by atoms with Crippen LogP contribution in [0.25, 0.3) is 16.8 Å². The van der Waals surface area contributed by atoms with E-state index in [-0.39, 0.29) is 0 Å². The van der Waals surface area contributed by atoms with Gasteiger partial charge in [0.1, 0.15) is 12.1 Å². The number of rotatable bonds is 6. The molecule has 1 aromatic carbocycles. The number of nitrogens with zero attached hydrogens (tertiary/aromatic N) is 5. The molecule has 0 N–H and O–H groups in total. The molecule has 0 radical (unpaired) electrons. The third kappa shape index (κ3) is 3.96. The summed E-state index contributed by atoms with van der Waals surface area (Å²) in [6, 6.07) is 10.1. The van der Waals surface area contributed by atoms with Crippen LogP contribution in [0.2, 0.25) is 0 Å². The van der Waals surface area contributed by atoms with Crippen LogP contribution in [0.5, 0.6) is 5.75 Å². The average Bonchev–Trinajstić information content (AvgIpc) is 3.14. The minimum absolute atomic E-state index is 0.746. The molecule has 130 valence electrons. The van der Waals surface area contributed by atoms with Crippen molar-refractivity contribution in [2.75, 3.05) is 26.2 Å². The summed E-state index contributed by atoms with van der Waals surface area (Å²) in [6.07, 6.45) is 8.58. The molecule has 0 saturated carbocycles. The van der Waals surface area contributed by atoms with Gasteiger partial charge >= 0.3 is 0 Å². The Hall–Kier alpha value is -2.47. The van der Waals surface area contributed by atoms with Gasteiger partial charge in [-0.05, 0) is 56.1 Å². The molecule has 6 nitrogen and oxygen atoms in total. The molecular weight excluding hydrogens is 314 g/mol. The Morgan fingerprint density at radius 1 is 1.00 bits per heavy atom. The van der Waals surface area contributed by atoms with Gasteiger partial charge in [0.15, 0.2) is 5.65 Å². The van der Waals surface area contributed by atoms with Crippen LogP contribution in [-0.4, -0.2) is 51.0 Å². The van der Waals surface area contributed by atoms with Gasteiger partial charge in [-0.1, -0.05) is 18.6 Å². The summed E-state index contributed by atoms with van der Waals surface area (Å²) in [6.45, 7) is 4.41. The van der Waals surface area contributed by atoms with Crippen LogP contribution in [0.1, 0.15) is 25.7 Å². The lowest BCUT2D eigenvalue weighted by Crippen LogP contribution is -2.31. The SMILES string of the molecule is c1cc(-c2cnn3cnnc3c2)ccc1OCCCN1CCCCC1. The second kappa shape index (κ2) is 7.61. The van der Waals surface area contributed by atoms with Crippen molar-refractivity contribution < 1.29 is 4.74 Å². The molecule has 3 heterocycles. The Balaban J connectivity index is 1.30. The van der Waals surface area contributed by atoms with Crippen molar-refractivity contribution >= 4 is 5.65 Å². The van der Waals surface area contributed by atoms with Crippen molar-refractivity contribution in [3.05, 3.63) is 42.9 Å². The van der Waals surface area contributed by atoms with Crippen LogP contribution < -0.4 is 4.74 Å². The third-order valence-corrected chi connectivity index (χ3v) is 4.69. The lowest BCUT2D eigenvalue weighted by molar-refractivity contribution is 0.205. The lowest BCUT2D eigenvalue weighted by atomic mass is 10.1. The maximum absolute atomic E-state index is 5.88. The topological polar surface area (TPSA) is 55.6 Å². The minimum Gasteiger partial charge on any atom is -0.494 e. The van der Waals surface area contributed by atoms with E-state index in [2.05, 4.69) is 32.3 Å². The fourth-order valence-electron chi connectivity index (χ4n) is 3.29. The maximum atomic E-state index is 5.88. The molecule has 0 amide bonds. The first kappa shape index (κ1) is 16.0. The molecule has 1 saturated heterocycles. The van der Waals surface area contributed by atoms with E-state index in [4.69, 9.17) is 4.74 Å². The van der Waals surface area contributed by atoms with E-state index in [1.807, 2.05) is 24.4 Å². The highest BCUT2D eigenvalue weighted by Gasteiger charge is 2.09. The number of fused-ring (bicyclic) bond motifs is 1. The van der Waals surface area contributed by atoms with Gasteiger partial charge in [0.2, 0.25) is 0 Å². The first-order valence-electron chi connectivity index (χ1n) is 9.00. The Bertz CT molecular complexity index is 808. The van der Waals surface area contributed by atoms with E-state index in [0.29, 0.717) is 0 Å². The number of hydrogen-bond acceptors (Lipinski definition) is 5. The molecule has 0 bridgehead atoms. The second-order valence-electron chi connectivity index (χ2n) is 6.51. The van der Waals surface area contributed by atoms with E-state index in [0.717, 1.165) is 42.1 Å². The first-order valence-corrected chi connectivity index (χ1v) is 9.00. The molecule has 0 unspecified atom stereocenters. The highest BCUT2D eigenvalue weighted by Crippen LogP contribution is 2.22. The smallest absolute Gasteiger partial charge is 0.178 e. The molecular formula is C19H23N5O. The first-order chi connectivity index (χ1) is 12.4. The number of ether oxygens (including phenoxy) is 1. The zero-order valence-corrected chi connectivity index (χ0v) is 14.3. The fraction of sp³-hybridized carbons (Fsp3) is 0.421. The number of aromatic nitrogens is 4. The molecule has 0 atom stereocenters. The van der Waals surface area contributed by atoms with E-state index < -0.39 is 0 Å². The zero-order valence-electron chi connectivity index (χ0n) is 14.3. The number of hydrogen-bond donors (Lipinski definition) is 0. The third-order valence-electron chi connectivity index (χ3n) is 4.69. The molecule has 0 aliphatic carbocycles. The Morgan fingerprint density at radius 3 is 2.68 bits per heavy atom. The van der Waals surface area contributed by atoms with Gasteiger partial charge in [0.05, 0.1) is 12.8 Å². The summed E-state index contributed by atoms with van der Waals surface area (Å²) in [5.74, 6) is 0.916. The molecule has 25 heavy (non-hydrogen) atoms. The molecule has 1 fully saturated rings. The normalized spacial score (nSPS) is 15.5. The van der Waals surface area contributed by atoms with E-state index in [9.17, 15) is 0 Å². The molecule has 0 spiro atoms. The fourth-order valence-corrected chi connectivity index (χ4v) is 3.29. The number of likely N-dealkylation sites (tertiary alicyclic amines) is 1. The average molecular weight is 337 g/mol. The van der Waals surface area contributed by atoms with Gasteiger partial charge in [0, 0.05) is 12.1 Å². The van der Waals surface area contributed by atoms with Gasteiger partial charge in [-0.3, -0.25) is 0 Å². The summed E-state index contributed by atoms with van der Waals surface area (Å²) in [4.78, 5) is 2.55. The zero-order chi connectivity index (χ0) is 16.9. The summed E-state index contributed by atoms with van der Waals surface area (Å²) < 4.78 is 7.53. The Kier molecular flexibility index (Phi) is 4.88. The van der Waals surface area contributed by atoms with Crippen LogP contribution in [-0.2, 0) is 0 Å². The standard InChI is InChI=1S/C19H23N5O/c1-2-9-23(10-3-1)11-4-12-25-18-7-5-16(6-8-18)17-13-19-22-20-15-24(19)21-14-17/h5-8,13-15H,1-4,9-12H2. The van der Waals surface area contributed by atoms with Crippen LogP contribution in [0.3, 0.4) is 0 Å². The van der Waals surface area contributed by atoms with Crippen molar-refractivity contribution in [1.82, 2.24) is 24.7 Å². The van der Waals surface area contributed by atoms with Crippen LogP contribution >= 0.6 is 0 Å². The van der Waals surface area contributed by atoms with E-state index in [1.54, 1.807) is 10.8 Å². The summed E-state index contributed by atoms with van der Waals surface area (Å²) in [5, 5.41) is 12.2. The predicted molar refractivity (Wildman–Crippen MR) is 96.6 cm³/mol.